The fourth-order valence-electron chi connectivity index (χ4n) is 2.38. The molecule has 4 nitrogen and oxygen atoms in total. The SMILES string of the molecule is CC1(C)OB(c2ccc(S(C)(=O)=NC3CC3)cc2)OC1(C)C. The van der Waals surface area contributed by atoms with Gasteiger partial charge in [0.1, 0.15) is 0 Å². The summed E-state index contributed by atoms with van der Waals surface area (Å²) in [6.07, 6.45) is 3.85. The summed E-state index contributed by atoms with van der Waals surface area (Å²) in [5, 5.41) is 0. The van der Waals surface area contributed by atoms with Crippen LogP contribution in [-0.4, -0.2) is 34.8 Å². The summed E-state index contributed by atoms with van der Waals surface area (Å²) in [5.74, 6) is 0. The van der Waals surface area contributed by atoms with Crippen LogP contribution in [0.3, 0.4) is 0 Å². The first kappa shape index (κ1) is 16.0. The Labute approximate surface area is 133 Å². The van der Waals surface area contributed by atoms with Crippen LogP contribution in [0.15, 0.2) is 33.5 Å². The summed E-state index contributed by atoms with van der Waals surface area (Å²) in [6, 6.07) is 7.93. The molecule has 1 heterocycles. The Morgan fingerprint density at radius 3 is 2.05 bits per heavy atom. The number of hydrogen-bond donors (Lipinski definition) is 0. The minimum Gasteiger partial charge on any atom is -0.399 e. The van der Waals surface area contributed by atoms with E-state index in [9.17, 15) is 4.21 Å². The molecule has 0 aromatic heterocycles. The molecule has 1 aromatic carbocycles. The molecule has 0 bridgehead atoms. The lowest BCUT2D eigenvalue weighted by Crippen LogP contribution is -2.41. The third-order valence-electron chi connectivity index (χ3n) is 4.74. The van der Waals surface area contributed by atoms with E-state index in [0.717, 1.165) is 23.2 Å². The van der Waals surface area contributed by atoms with Gasteiger partial charge in [-0.25, -0.2) is 8.57 Å². The van der Waals surface area contributed by atoms with E-state index in [0.29, 0.717) is 6.04 Å². The standard InChI is InChI=1S/C16H24BNO3S/c1-15(2)16(3,4)21-17(20-15)12-6-10-14(11-7-12)22(5,19)18-13-8-9-13/h6-7,10-11,13H,8-9H2,1-5H3. The molecule has 120 valence electrons. The van der Waals surface area contributed by atoms with Gasteiger partial charge in [-0.3, -0.25) is 0 Å². The third-order valence-corrected chi connectivity index (χ3v) is 6.59. The van der Waals surface area contributed by atoms with Gasteiger partial charge in [0.15, 0.2) is 0 Å². The van der Waals surface area contributed by atoms with E-state index in [2.05, 4.69) is 4.36 Å². The van der Waals surface area contributed by atoms with Gasteiger partial charge in [0.2, 0.25) is 0 Å². The molecule has 2 aliphatic rings. The Balaban J connectivity index is 1.83. The van der Waals surface area contributed by atoms with Crippen molar-refractivity contribution in [3.8, 4) is 0 Å². The molecular weight excluding hydrogens is 297 g/mol. The van der Waals surface area contributed by atoms with E-state index >= 15 is 0 Å². The average Bonchev–Trinajstić information content (AvgIpc) is 3.16. The van der Waals surface area contributed by atoms with Crippen molar-refractivity contribution in [1.29, 1.82) is 0 Å². The van der Waals surface area contributed by atoms with E-state index in [1.165, 1.54) is 0 Å². The van der Waals surface area contributed by atoms with Crippen LogP contribution >= 0.6 is 0 Å². The first-order chi connectivity index (χ1) is 10.1. The summed E-state index contributed by atoms with van der Waals surface area (Å²) in [7, 11) is -2.67. The highest BCUT2D eigenvalue weighted by Gasteiger charge is 2.51. The van der Waals surface area contributed by atoms with Crippen molar-refractivity contribution in [3.05, 3.63) is 24.3 Å². The Hall–Kier alpha value is -0.845. The minimum atomic E-state index is -2.29. The van der Waals surface area contributed by atoms with Crippen LogP contribution in [0.5, 0.6) is 0 Å². The monoisotopic (exact) mass is 321 g/mol. The highest BCUT2D eigenvalue weighted by molar-refractivity contribution is 7.93. The molecule has 22 heavy (non-hydrogen) atoms. The molecule has 1 aliphatic carbocycles. The average molecular weight is 321 g/mol. The first-order valence-corrected chi connectivity index (χ1v) is 9.70. The van der Waals surface area contributed by atoms with Gasteiger partial charge in [-0.05, 0) is 58.1 Å². The fourth-order valence-corrected chi connectivity index (χ4v) is 3.92. The number of nitrogens with zero attached hydrogens (tertiary/aromatic N) is 1. The van der Waals surface area contributed by atoms with Gasteiger partial charge in [-0.15, -0.1) is 0 Å². The van der Waals surface area contributed by atoms with Crippen molar-refractivity contribution in [2.75, 3.05) is 6.26 Å². The topological polar surface area (TPSA) is 47.9 Å². The van der Waals surface area contributed by atoms with Crippen LogP contribution in [0.1, 0.15) is 40.5 Å². The predicted molar refractivity (Wildman–Crippen MR) is 89.9 cm³/mol. The van der Waals surface area contributed by atoms with Crippen LogP contribution in [0.4, 0.5) is 0 Å². The molecule has 0 amide bonds. The van der Waals surface area contributed by atoms with Crippen molar-refractivity contribution in [1.82, 2.24) is 0 Å². The van der Waals surface area contributed by atoms with Crippen LogP contribution < -0.4 is 5.46 Å². The normalized spacial score (nSPS) is 25.8. The second kappa shape index (κ2) is 5.08. The molecule has 3 rings (SSSR count). The van der Waals surface area contributed by atoms with Gasteiger partial charge >= 0.3 is 7.12 Å². The zero-order valence-corrected chi connectivity index (χ0v) is 14.8. The van der Waals surface area contributed by atoms with Gasteiger partial charge in [0.05, 0.1) is 27.0 Å². The molecule has 1 saturated carbocycles. The molecular formula is C16H24BNO3S. The molecule has 1 aromatic rings. The van der Waals surface area contributed by atoms with E-state index < -0.39 is 9.73 Å². The Kier molecular flexibility index (Phi) is 3.70. The summed E-state index contributed by atoms with van der Waals surface area (Å²) in [5.41, 5.74) is 0.246. The smallest absolute Gasteiger partial charge is 0.399 e. The molecule has 0 N–H and O–H groups in total. The Morgan fingerprint density at radius 2 is 1.59 bits per heavy atom. The number of hydrogen-bond acceptors (Lipinski definition) is 4. The maximum Gasteiger partial charge on any atom is 0.494 e. The molecule has 0 radical (unpaired) electrons. The number of rotatable bonds is 3. The molecule has 1 saturated heterocycles. The van der Waals surface area contributed by atoms with Crippen LogP contribution in [0.25, 0.3) is 0 Å². The second-order valence-corrected chi connectivity index (χ2v) is 9.58. The van der Waals surface area contributed by atoms with E-state index in [1.54, 1.807) is 6.26 Å². The van der Waals surface area contributed by atoms with Crippen LogP contribution in [0.2, 0.25) is 0 Å². The molecule has 2 fully saturated rings. The van der Waals surface area contributed by atoms with Gasteiger partial charge in [0, 0.05) is 11.2 Å². The zero-order chi connectivity index (χ0) is 16.2. The van der Waals surface area contributed by atoms with Gasteiger partial charge in [-0.1, -0.05) is 12.1 Å². The Morgan fingerprint density at radius 1 is 1.09 bits per heavy atom. The van der Waals surface area contributed by atoms with Gasteiger partial charge < -0.3 is 9.31 Å². The van der Waals surface area contributed by atoms with Crippen LogP contribution in [-0.2, 0) is 19.0 Å². The zero-order valence-electron chi connectivity index (χ0n) is 14.0. The van der Waals surface area contributed by atoms with Crippen molar-refractivity contribution in [2.24, 2.45) is 4.36 Å². The van der Waals surface area contributed by atoms with Crippen molar-refractivity contribution >= 4 is 22.3 Å². The number of benzene rings is 1. The molecule has 1 atom stereocenters. The van der Waals surface area contributed by atoms with E-state index in [1.807, 2.05) is 52.0 Å². The lowest BCUT2D eigenvalue weighted by Gasteiger charge is -2.32. The highest BCUT2D eigenvalue weighted by Crippen LogP contribution is 2.36. The van der Waals surface area contributed by atoms with Crippen molar-refractivity contribution in [3.63, 3.8) is 0 Å². The predicted octanol–water partition coefficient (Wildman–Crippen LogP) is 2.60. The lowest BCUT2D eigenvalue weighted by molar-refractivity contribution is 0.00578. The maximum atomic E-state index is 12.6. The fraction of sp³-hybridized carbons (Fsp3) is 0.625. The summed E-state index contributed by atoms with van der Waals surface area (Å²) >= 11 is 0. The summed E-state index contributed by atoms with van der Waals surface area (Å²) in [4.78, 5) is 0.777. The van der Waals surface area contributed by atoms with Crippen LogP contribution in [0, 0.1) is 0 Å². The maximum absolute atomic E-state index is 12.6. The van der Waals surface area contributed by atoms with E-state index in [-0.39, 0.29) is 18.3 Å². The van der Waals surface area contributed by atoms with Gasteiger partial charge in [0.25, 0.3) is 0 Å². The van der Waals surface area contributed by atoms with Crippen molar-refractivity contribution < 1.29 is 13.5 Å². The summed E-state index contributed by atoms with van der Waals surface area (Å²) in [6.45, 7) is 8.15. The highest BCUT2D eigenvalue weighted by atomic mass is 32.2. The molecule has 0 spiro atoms. The Bertz CT molecular complexity index is 670. The second-order valence-electron chi connectivity index (χ2n) is 7.30. The molecule has 6 heteroatoms. The minimum absolute atomic E-state index is 0.292. The molecule has 1 aliphatic heterocycles. The quantitative estimate of drug-likeness (QED) is 0.804. The lowest BCUT2D eigenvalue weighted by atomic mass is 9.79. The largest absolute Gasteiger partial charge is 0.494 e. The third kappa shape index (κ3) is 2.96. The molecule has 1 unspecified atom stereocenters. The van der Waals surface area contributed by atoms with E-state index in [4.69, 9.17) is 9.31 Å². The summed E-state index contributed by atoms with van der Waals surface area (Å²) < 4.78 is 29.1. The van der Waals surface area contributed by atoms with Crippen molar-refractivity contribution in [2.45, 2.75) is 62.7 Å². The van der Waals surface area contributed by atoms with Gasteiger partial charge in [-0.2, -0.15) is 0 Å². The first-order valence-electron chi connectivity index (χ1n) is 7.78.